The predicted molar refractivity (Wildman–Crippen MR) is 69.1 cm³/mol. The molecule has 0 unspecified atom stereocenters. The molecule has 2 aromatic rings. The van der Waals surface area contributed by atoms with Gasteiger partial charge in [0.25, 0.3) is 0 Å². The molecule has 19 heavy (non-hydrogen) atoms. The topological polar surface area (TPSA) is 73.1 Å². The number of rotatable bonds is 5. The third kappa shape index (κ3) is 3.06. The Balaban J connectivity index is 2.13. The first kappa shape index (κ1) is 13.0. The van der Waals surface area contributed by atoms with Crippen LogP contribution in [0.1, 0.15) is 6.42 Å². The maximum absolute atomic E-state index is 11.1. The lowest BCUT2D eigenvalue weighted by molar-refractivity contribution is -0.140. The molecule has 0 fully saturated rings. The van der Waals surface area contributed by atoms with Crippen LogP contribution in [-0.4, -0.2) is 46.9 Å². The number of esters is 1. The Morgan fingerprint density at radius 1 is 1.37 bits per heavy atom. The van der Waals surface area contributed by atoms with Gasteiger partial charge < -0.3 is 9.64 Å². The molecule has 0 radical (unpaired) electrons. The molecule has 0 saturated heterocycles. The molecular weight excluding hydrogens is 246 g/mol. The zero-order valence-corrected chi connectivity index (χ0v) is 10.9. The molecule has 0 bridgehead atoms. The molecule has 1 aromatic heterocycles. The molecule has 0 saturated carbocycles. The maximum Gasteiger partial charge on any atom is 0.307 e. The number of hydrogen-bond donors (Lipinski definition) is 0. The van der Waals surface area contributed by atoms with Crippen LogP contribution in [0.4, 0.5) is 5.95 Å². The lowest BCUT2D eigenvalue weighted by Gasteiger charge is -2.16. The Morgan fingerprint density at radius 3 is 2.79 bits per heavy atom. The van der Waals surface area contributed by atoms with E-state index < -0.39 is 0 Å². The number of benzene rings is 1. The van der Waals surface area contributed by atoms with Crippen LogP contribution in [0.25, 0.3) is 5.69 Å². The van der Waals surface area contributed by atoms with Crippen LogP contribution in [0.2, 0.25) is 0 Å². The minimum atomic E-state index is -0.259. The molecule has 0 amide bonds. The fraction of sp³-hybridized carbons (Fsp3) is 0.333. The van der Waals surface area contributed by atoms with Gasteiger partial charge in [-0.1, -0.05) is 23.3 Å². The fourth-order valence-electron chi connectivity index (χ4n) is 1.62. The van der Waals surface area contributed by atoms with E-state index in [0.29, 0.717) is 12.5 Å². The summed E-state index contributed by atoms with van der Waals surface area (Å²) in [7, 11) is 3.20. The summed E-state index contributed by atoms with van der Waals surface area (Å²) in [6, 6.07) is 9.57. The Hall–Kier alpha value is -2.44. The van der Waals surface area contributed by atoms with Crippen LogP contribution < -0.4 is 4.90 Å². The predicted octanol–water partition coefficient (Wildman–Crippen LogP) is 0.662. The zero-order chi connectivity index (χ0) is 13.7. The fourth-order valence-corrected chi connectivity index (χ4v) is 1.62. The average Bonchev–Trinajstić information content (AvgIpc) is 2.94. The molecule has 2 rings (SSSR count). The summed E-state index contributed by atoms with van der Waals surface area (Å²) in [6.45, 7) is 0.486. The van der Waals surface area contributed by atoms with E-state index in [1.807, 2.05) is 42.3 Å². The molecular formula is C12H15N5O2. The van der Waals surface area contributed by atoms with E-state index in [1.54, 1.807) is 4.68 Å². The van der Waals surface area contributed by atoms with Gasteiger partial charge in [0, 0.05) is 13.6 Å². The van der Waals surface area contributed by atoms with Crippen molar-refractivity contribution >= 4 is 11.9 Å². The van der Waals surface area contributed by atoms with E-state index in [9.17, 15) is 4.79 Å². The second-order valence-electron chi connectivity index (χ2n) is 3.97. The summed E-state index contributed by atoms with van der Waals surface area (Å²) in [5.74, 6) is 0.320. The number of aromatic nitrogens is 4. The van der Waals surface area contributed by atoms with E-state index in [-0.39, 0.29) is 12.4 Å². The number of carbonyl (C=O) groups excluding carboxylic acids is 1. The second kappa shape index (κ2) is 5.94. The first-order chi connectivity index (χ1) is 9.22. The van der Waals surface area contributed by atoms with E-state index in [0.717, 1.165) is 5.69 Å². The number of para-hydroxylation sites is 1. The summed E-state index contributed by atoms with van der Waals surface area (Å²) in [6.07, 6.45) is 0.286. The van der Waals surface area contributed by atoms with E-state index >= 15 is 0 Å². The van der Waals surface area contributed by atoms with Crippen LogP contribution in [0.3, 0.4) is 0 Å². The van der Waals surface area contributed by atoms with Crippen molar-refractivity contribution in [1.82, 2.24) is 20.2 Å². The highest BCUT2D eigenvalue weighted by molar-refractivity contribution is 5.69. The molecule has 7 nitrogen and oxygen atoms in total. The minimum absolute atomic E-state index is 0.259. The van der Waals surface area contributed by atoms with Gasteiger partial charge in [0.1, 0.15) is 0 Å². The molecule has 0 aliphatic rings. The number of hydrogen-bond acceptors (Lipinski definition) is 6. The average molecular weight is 261 g/mol. The highest BCUT2D eigenvalue weighted by atomic mass is 16.5. The van der Waals surface area contributed by atoms with Gasteiger partial charge in [0.05, 0.1) is 19.2 Å². The summed E-state index contributed by atoms with van der Waals surface area (Å²) in [5, 5.41) is 11.6. The van der Waals surface area contributed by atoms with Gasteiger partial charge in [0.15, 0.2) is 0 Å². The van der Waals surface area contributed by atoms with Crippen LogP contribution >= 0.6 is 0 Å². The number of carbonyl (C=O) groups is 1. The van der Waals surface area contributed by atoms with Gasteiger partial charge in [-0.25, -0.2) is 0 Å². The molecule has 0 atom stereocenters. The minimum Gasteiger partial charge on any atom is -0.469 e. The quantitative estimate of drug-likeness (QED) is 0.736. The van der Waals surface area contributed by atoms with Crippen LogP contribution in [0.5, 0.6) is 0 Å². The van der Waals surface area contributed by atoms with Crippen LogP contribution in [0, 0.1) is 0 Å². The van der Waals surface area contributed by atoms with Gasteiger partial charge in [-0.15, -0.1) is 0 Å². The summed E-state index contributed by atoms with van der Waals surface area (Å²) in [4.78, 5) is 12.9. The van der Waals surface area contributed by atoms with Gasteiger partial charge in [-0.2, -0.15) is 4.68 Å². The summed E-state index contributed by atoms with van der Waals surface area (Å²) < 4.78 is 6.23. The molecule has 1 heterocycles. The largest absolute Gasteiger partial charge is 0.469 e. The van der Waals surface area contributed by atoms with Gasteiger partial charge in [0.2, 0.25) is 5.95 Å². The highest BCUT2D eigenvalue weighted by Gasteiger charge is 2.13. The standard InChI is InChI=1S/C12H15N5O2/c1-16(9-8-11(18)19-2)12-13-14-15-17(12)10-6-4-3-5-7-10/h3-7H,8-9H2,1-2H3. The van der Waals surface area contributed by atoms with Crippen molar-refractivity contribution in [3.63, 3.8) is 0 Å². The van der Waals surface area contributed by atoms with Crippen molar-refractivity contribution in [3.05, 3.63) is 30.3 Å². The highest BCUT2D eigenvalue weighted by Crippen LogP contribution is 2.13. The smallest absolute Gasteiger partial charge is 0.307 e. The lowest BCUT2D eigenvalue weighted by Crippen LogP contribution is -2.24. The van der Waals surface area contributed by atoms with Gasteiger partial charge >= 0.3 is 5.97 Å². The second-order valence-corrected chi connectivity index (χ2v) is 3.97. The summed E-state index contributed by atoms with van der Waals surface area (Å²) in [5.41, 5.74) is 0.868. The molecule has 0 spiro atoms. The Morgan fingerprint density at radius 2 is 2.11 bits per heavy atom. The number of nitrogens with zero attached hydrogens (tertiary/aromatic N) is 5. The molecule has 7 heteroatoms. The lowest BCUT2D eigenvalue weighted by atomic mass is 10.3. The first-order valence-corrected chi connectivity index (χ1v) is 5.84. The maximum atomic E-state index is 11.1. The Labute approximate surface area is 110 Å². The van der Waals surface area contributed by atoms with E-state index in [4.69, 9.17) is 0 Å². The zero-order valence-electron chi connectivity index (χ0n) is 10.9. The number of anilines is 1. The summed E-state index contributed by atoms with van der Waals surface area (Å²) >= 11 is 0. The van der Waals surface area contributed by atoms with Crippen molar-refractivity contribution in [2.75, 3.05) is 25.6 Å². The van der Waals surface area contributed by atoms with Crippen LogP contribution in [-0.2, 0) is 9.53 Å². The van der Waals surface area contributed by atoms with Crippen LogP contribution in [0.15, 0.2) is 30.3 Å². The monoisotopic (exact) mass is 261 g/mol. The number of tetrazole rings is 1. The van der Waals surface area contributed by atoms with Gasteiger partial charge in [-0.3, -0.25) is 4.79 Å². The molecule has 0 aliphatic carbocycles. The van der Waals surface area contributed by atoms with Crippen molar-refractivity contribution < 1.29 is 9.53 Å². The van der Waals surface area contributed by atoms with Crippen molar-refractivity contribution in [2.45, 2.75) is 6.42 Å². The Bertz CT molecular complexity index is 540. The third-order valence-corrected chi connectivity index (χ3v) is 2.67. The van der Waals surface area contributed by atoms with Crippen molar-refractivity contribution in [2.24, 2.45) is 0 Å². The molecule has 100 valence electrons. The van der Waals surface area contributed by atoms with E-state index in [1.165, 1.54) is 7.11 Å². The van der Waals surface area contributed by atoms with E-state index in [2.05, 4.69) is 20.3 Å². The molecule has 0 N–H and O–H groups in total. The number of ether oxygens (including phenoxy) is 1. The van der Waals surface area contributed by atoms with Gasteiger partial charge in [-0.05, 0) is 22.6 Å². The van der Waals surface area contributed by atoms with Crippen molar-refractivity contribution in [1.29, 1.82) is 0 Å². The third-order valence-electron chi connectivity index (χ3n) is 2.67. The molecule has 1 aromatic carbocycles. The first-order valence-electron chi connectivity index (χ1n) is 5.84. The van der Waals surface area contributed by atoms with Crippen molar-refractivity contribution in [3.8, 4) is 5.69 Å². The normalized spacial score (nSPS) is 10.2. The SMILES string of the molecule is COC(=O)CCN(C)c1nnnn1-c1ccccc1. The molecule has 0 aliphatic heterocycles. The Kier molecular flexibility index (Phi) is 4.07. The number of methoxy groups -OCH3 is 1.